The number of hydroxylamine groups is 2. The van der Waals surface area contributed by atoms with Gasteiger partial charge < -0.3 is 15.6 Å². The number of nitrogens with one attached hydrogen (secondary N) is 2. The van der Waals surface area contributed by atoms with Crippen LogP contribution in [0.25, 0.3) is 0 Å². The molecule has 1 atom stereocenters. The molecule has 0 fully saturated rings. The van der Waals surface area contributed by atoms with E-state index in [0.717, 1.165) is 19.3 Å². The van der Waals surface area contributed by atoms with E-state index >= 15 is 0 Å². The third-order valence-corrected chi connectivity index (χ3v) is 1.71. The molecule has 4 nitrogen and oxygen atoms in total. The van der Waals surface area contributed by atoms with Gasteiger partial charge in [0.15, 0.2) is 0 Å². The van der Waals surface area contributed by atoms with Crippen LogP contribution in [0.15, 0.2) is 0 Å². The van der Waals surface area contributed by atoms with Gasteiger partial charge in [0.2, 0.25) is 5.91 Å². The van der Waals surface area contributed by atoms with Gasteiger partial charge in [-0.05, 0) is 19.3 Å². The Morgan fingerprint density at radius 1 is 1.42 bits per heavy atom. The molecule has 0 aliphatic heterocycles. The lowest BCUT2D eigenvalue weighted by Gasteiger charge is -2.15. The minimum atomic E-state index is 0.0813. The normalized spacial score (nSPS) is 12.6. The van der Waals surface area contributed by atoms with E-state index < -0.39 is 0 Å². The molecule has 1 unspecified atom stereocenters. The van der Waals surface area contributed by atoms with Crippen LogP contribution in [0.2, 0.25) is 0 Å². The van der Waals surface area contributed by atoms with E-state index in [1.54, 1.807) is 14.1 Å². The molecule has 0 aromatic heterocycles. The molecule has 0 bridgehead atoms. The van der Waals surface area contributed by atoms with Gasteiger partial charge in [-0.2, -0.15) is 0 Å². The quantitative estimate of drug-likeness (QED) is 0.413. The van der Waals surface area contributed by atoms with Crippen LogP contribution in [0.1, 0.15) is 25.7 Å². The van der Waals surface area contributed by atoms with Crippen LogP contribution in [0.3, 0.4) is 0 Å². The summed E-state index contributed by atoms with van der Waals surface area (Å²) in [6.45, 7) is 0.647. The van der Waals surface area contributed by atoms with Crippen molar-refractivity contribution < 1.29 is 9.86 Å². The summed E-state index contributed by atoms with van der Waals surface area (Å²) >= 11 is 0. The summed E-state index contributed by atoms with van der Waals surface area (Å²) in [7, 11) is 3.23. The number of hydrogen-bond donors (Lipinski definition) is 2. The van der Waals surface area contributed by atoms with Crippen LogP contribution in [-0.2, 0) is 4.79 Å². The Kier molecular flexibility index (Phi) is 6.70. The average Bonchev–Trinajstić information content (AvgIpc) is 2.03. The summed E-state index contributed by atoms with van der Waals surface area (Å²) in [6.07, 6.45) is 3.33. The minimum absolute atomic E-state index is 0.0813. The van der Waals surface area contributed by atoms with E-state index in [1.165, 1.54) is 0 Å². The van der Waals surface area contributed by atoms with Crippen molar-refractivity contribution in [3.05, 3.63) is 5.21 Å². The summed E-state index contributed by atoms with van der Waals surface area (Å²) in [4.78, 5) is 10.7. The molecule has 0 aliphatic carbocycles. The smallest absolute Gasteiger partial charge is 0.219 e. The summed E-state index contributed by atoms with van der Waals surface area (Å²) in [5, 5.41) is 13.3. The summed E-state index contributed by atoms with van der Waals surface area (Å²) < 4.78 is 0. The molecular weight excluding hydrogens is 156 g/mol. The van der Waals surface area contributed by atoms with E-state index in [4.69, 9.17) is 0 Å². The third-order valence-electron chi connectivity index (χ3n) is 1.71. The standard InChI is InChI=1S/C8H18N2O2/c1-9-8(11)6-4-3-5-7-10(2)12/h10H,3-7H2,1-2H3,(H,9,11). The Balaban J connectivity index is 3.05. The molecule has 0 radical (unpaired) electrons. The number of unbranched alkanes of at least 4 members (excludes halogenated alkanes) is 2. The van der Waals surface area contributed by atoms with Crippen molar-refractivity contribution in [2.75, 3.05) is 20.6 Å². The molecule has 0 saturated carbocycles. The Bertz CT molecular complexity index is 126. The lowest BCUT2D eigenvalue weighted by atomic mass is 10.2. The van der Waals surface area contributed by atoms with E-state index in [0.29, 0.717) is 13.0 Å². The van der Waals surface area contributed by atoms with Gasteiger partial charge in [0, 0.05) is 13.5 Å². The summed E-state index contributed by atoms with van der Waals surface area (Å²) in [6, 6.07) is 0. The second-order valence-electron chi connectivity index (χ2n) is 2.94. The molecule has 1 amide bonds. The highest BCUT2D eigenvalue weighted by Gasteiger charge is 1.97. The van der Waals surface area contributed by atoms with E-state index in [-0.39, 0.29) is 11.0 Å². The molecule has 72 valence electrons. The maximum absolute atomic E-state index is 10.7. The van der Waals surface area contributed by atoms with Crippen molar-refractivity contribution in [3.8, 4) is 0 Å². The molecule has 0 rings (SSSR count). The van der Waals surface area contributed by atoms with Crippen molar-refractivity contribution >= 4 is 5.91 Å². The fourth-order valence-electron chi connectivity index (χ4n) is 0.961. The fraction of sp³-hybridized carbons (Fsp3) is 0.875. The highest BCUT2D eigenvalue weighted by Crippen LogP contribution is 1.97. The van der Waals surface area contributed by atoms with Crippen LogP contribution >= 0.6 is 0 Å². The lowest BCUT2D eigenvalue weighted by Crippen LogP contribution is -3.03. The van der Waals surface area contributed by atoms with Crippen molar-refractivity contribution in [1.82, 2.24) is 5.32 Å². The lowest BCUT2D eigenvalue weighted by molar-refractivity contribution is -0.826. The SMILES string of the molecule is CNC(=O)CCCCC[NH+](C)[O-]. The Hall–Kier alpha value is -0.610. The van der Waals surface area contributed by atoms with Gasteiger partial charge >= 0.3 is 0 Å². The number of carbonyl (C=O) groups is 1. The van der Waals surface area contributed by atoms with E-state index in [1.807, 2.05) is 0 Å². The van der Waals surface area contributed by atoms with Crippen LogP contribution < -0.4 is 10.4 Å². The molecule has 0 saturated heterocycles. The highest BCUT2D eigenvalue weighted by atomic mass is 16.5. The second-order valence-corrected chi connectivity index (χ2v) is 2.94. The number of amides is 1. The number of carbonyl (C=O) groups excluding carboxylic acids is 1. The predicted molar refractivity (Wildman–Crippen MR) is 47.7 cm³/mol. The largest absolute Gasteiger partial charge is 0.634 e. The zero-order valence-corrected chi connectivity index (χ0v) is 7.85. The van der Waals surface area contributed by atoms with Gasteiger partial charge in [-0.3, -0.25) is 4.79 Å². The molecule has 0 spiro atoms. The molecule has 4 heteroatoms. The van der Waals surface area contributed by atoms with Gasteiger partial charge in [0.05, 0.1) is 13.6 Å². The Labute approximate surface area is 73.5 Å². The monoisotopic (exact) mass is 174 g/mol. The first-order chi connectivity index (χ1) is 5.66. The zero-order chi connectivity index (χ0) is 9.40. The van der Waals surface area contributed by atoms with Crippen molar-refractivity contribution in [1.29, 1.82) is 0 Å². The van der Waals surface area contributed by atoms with Crippen molar-refractivity contribution in [2.24, 2.45) is 0 Å². The van der Waals surface area contributed by atoms with Crippen LogP contribution in [0.5, 0.6) is 0 Å². The zero-order valence-electron chi connectivity index (χ0n) is 7.85. The first kappa shape index (κ1) is 11.4. The molecule has 0 aromatic rings. The predicted octanol–water partition coefficient (Wildman–Crippen LogP) is -0.695. The molecule has 0 aliphatic rings. The number of quaternary nitrogens is 1. The van der Waals surface area contributed by atoms with Crippen LogP contribution in [0.4, 0.5) is 0 Å². The molecular formula is C8H18N2O2. The number of hydrogen-bond acceptors (Lipinski definition) is 2. The molecule has 0 aromatic carbocycles. The van der Waals surface area contributed by atoms with E-state index in [2.05, 4.69) is 5.32 Å². The first-order valence-electron chi connectivity index (χ1n) is 4.37. The van der Waals surface area contributed by atoms with Gasteiger partial charge in [-0.25, -0.2) is 0 Å². The minimum Gasteiger partial charge on any atom is -0.634 e. The second kappa shape index (κ2) is 7.06. The summed E-state index contributed by atoms with van der Waals surface area (Å²) in [5.41, 5.74) is 0. The Morgan fingerprint density at radius 2 is 2.08 bits per heavy atom. The first-order valence-corrected chi connectivity index (χ1v) is 4.37. The van der Waals surface area contributed by atoms with Gasteiger partial charge in [-0.15, -0.1) is 0 Å². The van der Waals surface area contributed by atoms with Crippen LogP contribution in [0, 0.1) is 5.21 Å². The molecule has 0 heterocycles. The van der Waals surface area contributed by atoms with Gasteiger partial charge in [0.25, 0.3) is 0 Å². The number of rotatable bonds is 6. The van der Waals surface area contributed by atoms with Crippen LogP contribution in [-0.4, -0.2) is 26.5 Å². The summed E-state index contributed by atoms with van der Waals surface area (Å²) in [5.74, 6) is 0.0813. The maximum Gasteiger partial charge on any atom is 0.219 e. The van der Waals surface area contributed by atoms with E-state index in [9.17, 15) is 10.0 Å². The highest BCUT2D eigenvalue weighted by molar-refractivity contribution is 5.75. The fourth-order valence-corrected chi connectivity index (χ4v) is 0.961. The van der Waals surface area contributed by atoms with Gasteiger partial charge in [0.1, 0.15) is 0 Å². The average molecular weight is 174 g/mol. The van der Waals surface area contributed by atoms with Gasteiger partial charge in [-0.1, -0.05) is 0 Å². The maximum atomic E-state index is 10.7. The topological polar surface area (TPSA) is 56.6 Å². The van der Waals surface area contributed by atoms with Crippen molar-refractivity contribution in [3.63, 3.8) is 0 Å². The van der Waals surface area contributed by atoms with Crippen molar-refractivity contribution in [2.45, 2.75) is 25.7 Å². The Morgan fingerprint density at radius 3 is 2.58 bits per heavy atom. The molecule has 12 heavy (non-hydrogen) atoms. The molecule has 2 N–H and O–H groups in total. The third kappa shape index (κ3) is 7.50.